The average Bonchev–Trinajstić information content (AvgIpc) is 3.02. The summed E-state index contributed by atoms with van der Waals surface area (Å²) in [6.07, 6.45) is 1.06. The Bertz CT molecular complexity index is 730. The van der Waals surface area contributed by atoms with Crippen molar-refractivity contribution in [3.63, 3.8) is 0 Å². The third kappa shape index (κ3) is 3.79. The van der Waals surface area contributed by atoms with E-state index in [-0.39, 0.29) is 17.4 Å². The Balaban J connectivity index is 1.87. The third-order valence-corrected chi connectivity index (χ3v) is 4.26. The smallest absolute Gasteiger partial charge is 0.273 e. The van der Waals surface area contributed by atoms with Crippen LogP contribution in [0.2, 0.25) is 0 Å². The van der Waals surface area contributed by atoms with Crippen molar-refractivity contribution in [2.24, 2.45) is 0 Å². The third-order valence-electron chi connectivity index (χ3n) is 2.93. The summed E-state index contributed by atoms with van der Waals surface area (Å²) in [5.74, 6) is -0.0157. The fraction of sp³-hybridized carbons (Fsp3) is 0.385. The van der Waals surface area contributed by atoms with E-state index in [0.717, 1.165) is 11.4 Å². The molecule has 2 aromatic rings. The van der Waals surface area contributed by atoms with Crippen LogP contribution in [0, 0.1) is 13.8 Å². The highest BCUT2D eigenvalue weighted by Crippen LogP contribution is 2.12. The predicted molar refractivity (Wildman–Crippen MR) is 75.6 cm³/mol. The first-order valence-corrected chi connectivity index (χ1v) is 7.96. The number of hydrogen-bond acceptors (Lipinski definition) is 5. The molecule has 0 fully saturated rings. The second kappa shape index (κ2) is 6.23. The largest absolute Gasteiger partial charge is 0.440 e. The number of hydrogen-bond donors (Lipinski definition) is 1. The standard InChI is InChI=1S/C13H17N3O4S/c1-10-8-11(2)16(15-10)7-3-6-14-21(18,19)13-5-4-12(9-17)20-13/h4-5,8-9,14H,3,6-7H2,1-2H3. The van der Waals surface area contributed by atoms with Gasteiger partial charge in [0, 0.05) is 18.8 Å². The molecule has 0 spiro atoms. The summed E-state index contributed by atoms with van der Waals surface area (Å²) in [5.41, 5.74) is 1.97. The van der Waals surface area contributed by atoms with Crippen LogP contribution in [0.25, 0.3) is 0 Å². The number of furan rings is 1. The van der Waals surface area contributed by atoms with E-state index in [0.29, 0.717) is 19.3 Å². The molecular formula is C13H17N3O4S. The highest BCUT2D eigenvalue weighted by atomic mass is 32.2. The van der Waals surface area contributed by atoms with E-state index >= 15 is 0 Å². The van der Waals surface area contributed by atoms with Crippen LogP contribution in [0.5, 0.6) is 0 Å². The zero-order chi connectivity index (χ0) is 15.5. The Labute approximate surface area is 123 Å². The summed E-state index contributed by atoms with van der Waals surface area (Å²) in [5, 5.41) is 4.04. The van der Waals surface area contributed by atoms with Crippen molar-refractivity contribution in [3.05, 3.63) is 35.3 Å². The molecule has 0 aliphatic carbocycles. The van der Waals surface area contributed by atoms with Crippen LogP contribution in [0.4, 0.5) is 0 Å². The number of aldehydes is 1. The van der Waals surface area contributed by atoms with Gasteiger partial charge in [0.05, 0.1) is 5.69 Å². The first kappa shape index (κ1) is 15.5. The number of rotatable bonds is 7. The van der Waals surface area contributed by atoms with Gasteiger partial charge in [-0.1, -0.05) is 0 Å². The van der Waals surface area contributed by atoms with Crippen LogP contribution >= 0.6 is 0 Å². The van der Waals surface area contributed by atoms with E-state index in [4.69, 9.17) is 4.42 Å². The SMILES string of the molecule is Cc1cc(C)n(CCCNS(=O)(=O)c2ccc(C=O)o2)n1. The summed E-state index contributed by atoms with van der Waals surface area (Å²) in [4.78, 5) is 10.5. The van der Waals surface area contributed by atoms with E-state index in [9.17, 15) is 13.2 Å². The van der Waals surface area contributed by atoms with Gasteiger partial charge in [0.25, 0.3) is 10.0 Å². The van der Waals surface area contributed by atoms with Gasteiger partial charge in [-0.05, 0) is 38.5 Å². The van der Waals surface area contributed by atoms with Crippen molar-refractivity contribution in [2.75, 3.05) is 6.54 Å². The van der Waals surface area contributed by atoms with Gasteiger partial charge in [0.2, 0.25) is 5.09 Å². The summed E-state index contributed by atoms with van der Waals surface area (Å²) >= 11 is 0. The van der Waals surface area contributed by atoms with Crippen molar-refractivity contribution in [2.45, 2.75) is 31.9 Å². The van der Waals surface area contributed by atoms with Crippen LogP contribution in [-0.4, -0.2) is 31.0 Å². The first-order valence-electron chi connectivity index (χ1n) is 6.48. The molecule has 8 heteroatoms. The molecule has 0 unspecified atom stereocenters. The van der Waals surface area contributed by atoms with Crippen molar-refractivity contribution >= 4 is 16.3 Å². The highest BCUT2D eigenvalue weighted by molar-refractivity contribution is 7.89. The molecule has 0 radical (unpaired) electrons. The van der Waals surface area contributed by atoms with Crippen LogP contribution in [0.1, 0.15) is 28.4 Å². The van der Waals surface area contributed by atoms with Gasteiger partial charge in [-0.3, -0.25) is 9.48 Å². The normalized spacial score (nSPS) is 11.7. The van der Waals surface area contributed by atoms with Gasteiger partial charge in [-0.2, -0.15) is 5.10 Å². The molecule has 2 aromatic heterocycles. The topological polar surface area (TPSA) is 94.2 Å². The summed E-state index contributed by atoms with van der Waals surface area (Å²) < 4.78 is 33.0. The van der Waals surface area contributed by atoms with Crippen molar-refractivity contribution < 1.29 is 17.6 Å². The molecule has 21 heavy (non-hydrogen) atoms. The van der Waals surface area contributed by atoms with Crippen LogP contribution < -0.4 is 4.72 Å². The molecule has 0 atom stereocenters. The number of aromatic nitrogens is 2. The molecule has 0 aliphatic rings. The van der Waals surface area contributed by atoms with E-state index < -0.39 is 10.0 Å². The molecule has 7 nitrogen and oxygen atoms in total. The minimum Gasteiger partial charge on any atom is -0.440 e. The minimum absolute atomic E-state index is 0.0157. The highest BCUT2D eigenvalue weighted by Gasteiger charge is 2.17. The monoisotopic (exact) mass is 311 g/mol. The summed E-state index contributed by atoms with van der Waals surface area (Å²) in [6.45, 7) is 4.75. The second-order valence-corrected chi connectivity index (χ2v) is 6.37. The maximum atomic E-state index is 11.9. The molecule has 0 bridgehead atoms. The van der Waals surface area contributed by atoms with Crippen molar-refractivity contribution in [3.8, 4) is 0 Å². The van der Waals surface area contributed by atoms with Crippen LogP contribution in [-0.2, 0) is 16.6 Å². The second-order valence-electron chi connectivity index (χ2n) is 4.68. The predicted octanol–water partition coefficient (Wildman–Crippen LogP) is 1.27. The van der Waals surface area contributed by atoms with Crippen LogP contribution in [0.15, 0.2) is 27.7 Å². The van der Waals surface area contributed by atoms with Gasteiger partial charge < -0.3 is 4.42 Å². The molecule has 0 aliphatic heterocycles. The number of aryl methyl sites for hydroxylation is 3. The Morgan fingerprint density at radius 2 is 2.14 bits per heavy atom. The van der Waals surface area contributed by atoms with E-state index in [1.54, 1.807) is 0 Å². The lowest BCUT2D eigenvalue weighted by Gasteiger charge is -2.06. The molecule has 0 saturated heterocycles. The molecule has 1 N–H and O–H groups in total. The number of nitrogens with one attached hydrogen (secondary N) is 1. The van der Waals surface area contributed by atoms with Gasteiger partial charge in [-0.15, -0.1) is 0 Å². The Morgan fingerprint density at radius 1 is 1.38 bits per heavy atom. The molecule has 2 rings (SSSR count). The molecule has 0 amide bonds. The molecule has 0 aromatic carbocycles. The molecule has 2 heterocycles. The Kier molecular flexibility index (Phi) is 4.59. The minimum atomic E-state index is -3.71. The van der Waals surface area contributed by atoms with Gasteiger partial charge in [-0.25, -0.2) is 13.1 Å². The number of carbonyl (C=O) groups is 1. The average molecular weight is 311 g/mol. The maximum Gasteiger partial charge on any atom is 0.273 e. The van der Waals surface area contributed by atoms with Gasteiger partial charge in [0.15, 0.2) is 12.0 Å². The fourth-order valence-electron chi connectivity index (χ4n) is 1.95. The van der Waals surface area contributed by atoms with Gasteiger partial charge >= 0.3 is 0 Å². The lowest BCUT2D eigenvalue weighted by molar-refractivity contribution is 0.109. The fourth-order valence-corrected chi connectivity index (χ4v) is 2.96. The lowest BCUT2D eigenvalue weighted by Crippen LogP contribution is -2.25. The Hall–Kier alpha value is -1.93. The molecular weight excluding hydrogens is 294 g/mol. The van der Waals surface area contributed by atoms with E-state index in [1.807, 2.05) is 24.6 Å². The summed E-state index contributed by atoms with van der Waals surface area (Å²) in [6, 6.07) is 4.54. The number of nitrogens with zero attached hydrogens (tertiary/aromatic N) is 2. The zero-order valence-electron chi connectivity index (χ0n) is 11.9. The Morgan fingerprint density at radius 3 is 2.71 bits per heavy atom. The molecule has 0 saturated carbocycles. The van der Waals surface area contributed by atoms with Crippen LogP contribution in [0.3, 0.4) is 0 Å². The summed E-state index contributed by atoms with van der Waals surface area (Å²) in [7, 11) is -3.71. The van der Waals surface area contributed by atoms with Crippen molar-refractivity contribution in [1.29, 1.82) is 0 Å². The van der Waals surface area contributed by atoms with E-state index in [1.165, 1.54) is 12.1 Å². The number of sulfonamides is 1. The lowest BCUT2D eigenvalue weighted by atomic mass is 10.4. The van der Waals surface area contributed by atoms with Crippen molar-refractivity contribution in [1.82, 2.24) is 14.5 Å². The maximum absolute atomic E-state index is 11.9. The number of carbonyl (C=O) groups excluding carboxylic acids is 1. The van der Waals surface area contributed by atoms with Gasteiger partial charge in [0.1, 0.15) is 0 Å². The van der Waals surface area contributed by atoms with E-state index in [2.05, 4.69) is 9.82 Å². The first-order chi connectivity index (χ1) is 9.92. The molecule has 114 valence electrons. The quantitative estimate of drug-likeness (QED) is 0.614. The zero-order valence-corrected chi connectivity index (χ0v) is 12.7.